The van der Waals surface area contributed by atoms with Crippen LogP contribution in [-0.4, -0.2) is 50.5 Å². The van der Waals surface area contributed by atoms with E-state index in [1.54, 1.807) is 13.1 Å². The predicted octanol–water partition coefficient (Wildman–Crippen LogP) is 0.919. The summed E-state index contributed by atoms with van der Waals surface area (Å²) in [5.41, 5.74) is 1.52. The highest BCUT2D eigenvalue weighted by atomic mass is 16.4. The summed E-state index contributed by atoms with van der Waals surface area (Å²) in [5, 5.41) is 19.8. The lowest BCUT2D eigenvalue weighted by molar-refractivity contribution is -0.157. The highest BCUT2D eigenvalue weighted by Gasteiger charge is 2.33. The highest BCUT2D eigenvalue weighted by Crippen LogP contribution is 2.20. The van der Waals surface area contributed by atoms with Gasteiger partial charge in [-0.15, -0.1) is 0 Å². The monoisotopic (exact) mass is 318 g/mol. The van der Waals surface area contributed by atoms with Gasteiger partial charge in [0.25, 0.3) is 5.91 Å². The number of para-hydroxylation sites is 1. The fourth-order valence-electron chi connectivity index (χ4n) is 2.44. The Morgan fingerprint density at radius 3 is 2.65 bits per heavy atom. The van der Waals surface area contributed by atoms with Gasteiger partial charge in [-0.1, -0.05) is 25.1 Å². The van der Waals surface area contributed by atoms with Gasteiger partial charge in [-0.25, -0.2) is 4.79 Å². The molecule has 0 fully saturated rings. The zero-order chi connectivity index (χ0) is 17.0. The van der Waals surface area contributed by atoms with Crippen LogP contribution in [0.3, 0.4) is 0 Å². The number of hydrogen-bond donors (Lipinski definition) is 3. The SMILES string of the molecule is CCC(O)C(=O)N(C=O)[C@@H](Cc1c[nH]c2ccccc12)C(=O)O. The Labute approximate surface area is 132 Å². The number of aliphatic hydroxyl groups excluding tert-OH is 1. The van der Waals surface area contributed by atoms with E-state index in [9.17, 15) is 24.6 Å². The van der Waals surface area contributed by atoms with Crippen LogP contribution in [0.25, 0.3) is 10.9 Å². The van der Waals surface area contributed by atoms with E-state index in [-0.39, 0.29) is 19.3 Å². The van der Waals surface area contributed by atoms with Crippen molar-refractivity contribution in [3.63, 3.8) is 0 Å². The molecule has 2 atom stereocenters. The Kier molecular flexibility index (Phi) is 5.13. The summed E-state index contributed by atoms with van der Waals surface area (Å²) in [5.74, 6) is -2.21. The molecule has 7 nitrogen and oxygen atoms in total. The van der Waals surface area contributed by atoms with Gasteiger partial charge in [0.05, 0.1) is 0 Å². The molecule has 0 aliphatic carbocycles. The van der Waals surface area contributed by atoms with E-state index < -0.39 is 24.0 Å². The molecular weight excluding hydrogens is 300 g/mol. The van der Waals surface area contributed by atoms with Crippen LogP contribution >= 0.6 is 0 Å². The van der Waals surface area contributed by atoms with Gasteiger partial charge < -0.3 is 15.2 Å². The number of imide groups is 1. The van der Waals surface area contributed by atoms with Crippen molar-refractivity contribution in [3.8, 4) is 0 Å². The molecule has 1 aromatic heterocycles. The molecule has 2 amide bonds. The molecule has 122 valence electrons. The van der Waals surface area contributed by atoms with Crippen molar-refractivity contribution in [1.29, 1.82) is 0 Å². The van der Waals surface area contributed by atoms with Gasteiger partial charge in [-0.05, 0) is 18.1 Å². The number of hydrogen-bond acceptors (Lipinski definition) is 4. The van der Waals surface area contributed by atoms with Crippen molar-refractivity contribution in [3.05, 3.63) is 36.0 Å². The summed E-state index contributed by atoms with van der Waals surface area (Å²) >= 11 is 0. The second-order valence-corrected chi connectivity index (χ2v) is 5.19. The first-order chi connectivity index (χ1) is 11.0. The molecule has 0 saturated carbocycles. The summed E-state index contributed by atoms with van der Waals surface area (Å²) < 4.78 is 0. The zero-order valence-electron chi connectivity index (χ0n) is 12.6. The summed E-state index contributed by atoms with van der Waals surface area (Å²) in [4.78, 5) is 38.3. The van der Waals surface area contributed by atoms with Crippen LogP contribution in [0.5, 0.6) is 0 Å². The molecule has 0 saturated heterocycles. The first kappa shape index (κ1) is 16.7. The minimum atomic E-state index is -1.40. The van der Waals surface area contributed by atoms with E-state index in [1.165, 1.54) is 0 Å². The fourth-order valence-corrected chi connectivity index (χ4v) is 2.44. The first-order valence-corrected chi connectivity index (χ1v) is 7.22. The molecular formula is C16H18N2O5. The number of rotatable bonds is 7. The zero-order valence-corrected chi connectivity index (χ0v) is 12.6. The fraction of sp³-hybridized carbons (Fsp3) is 0.312. The largest absolute Gasteiger partial charge is 0.480 e. The van der Waals surface area contributed by atoms with Gasteiger partial charge in [0.1, 0.15) is 12.1 Å². The quantitative estimate of drug-likeness (QED) is 0.657. The number of aliphatic carboxylic acids is 1. The molecule has 0 bridgehead atoms. The third-order valence-corrected chi connectivity index (χ3v) is 3.75. The Morgan fingerprint density at radius 2 is 2.04 bits per heavy atom. The average molecular weight is 318 g/mol. The van der Waals surface area contributed by atoms with E-state index in [0.717, 1.165) is 10.9 Å². The number of amides is 2. The highest BCUT2D eigenvalue weighted by molar-refractivity contribution is 5.94. The van der Waals surface area contributed by atoms with Crippen molar-refractivity contribution in [2.24, 2.45) is 0 Å². The molecule has 7 heteroatoms. The number of benzene rings is 1. The standard InChI is InChI=1S/C16H18N2O5/c1-2-14(20)15(21)18(9-19)13(16(22)23)7-10-8-17-12-6-4-3-5-11(10)12/h3-6,8-9,13-14,17,20H,2,7H2,1H3,(H,22,23)/t13-,14?/m0/s1. The summed E-state index contributed by atoms with van der Waals surface area (Å²) in [7, 11) is 0. The number of carbonyl (C=O) groups excluding carboxylic acids is 2. The summed E-state index contributed by atoms with van der Waals surface area (Å²) in [6, 6.07) is 5.96. The Hall–Kier alpha value is -2.67. The molecule has 2 aromatic rings. The van der Waals surface area contributed by atoms with Crippen LogP contribution < -0.4 is 0 Å². The van der Waals surface area contributed by atoms with Crippen LogP contribution in [0.2, 0.25) is 0 Å². The number of nitrogens with one attached hydrogen (secondary N) is 1. The smallest absolute Gasteiger partial charge is 0.327 e. The lowest BCUT2D eigenvalue weighted by Gasteiger charge is -2.25. The van der Waals surface area contributed by atoms with Gasteiger partial charge in [-0.2, -0.15) is 0 Å². The van der Waals surface area contributed by atoms with Crippen LogP contribution in [0.15, 0.2) is 30.5 Å². The second-order valence-electron chi connectivity index (χ2n) is 5.19. The van der Waals surface area contributed by atoms with Gasteiger partial charge in [0.15, 0.2) is 0 Å². The number of fused-ring (bicyclic) bond motifs is 1. The van der Waals surface area contributed by atoms with Crippen molar-refractivity contribution in [1.82, 2.24) is 9.88 Å². The van der Waals surface area contributed by atoms with E-state index >= 15 is 0 Å². The second kappa shape index (κ2) is 7.06. The number of carbonyl (C=O) groups is 3. The van der Waals surface area contributed by atoms with Gasteiger partial charge >= 0.3 is 5.97 Å². The Morgan fingerprint density at radius 1 is 1.35 bits per heavy atom. The van der Waals surface area contributed by atoms with E-state index in [1.807, 2.05) is 24.3 Å². The number of aliphatic hydroxyl groups is 1. The van der Waals surface area contributed by atoms with Crippen LogP contribution in [-0.2, 0) is 20.8 Å². The Bertz CT molecular complexity index is 724. The number of aromatic amines is 1. The Balaban J connectivity index is 2.32. The summed E-state index contributed by atoms with van der Waals surface area (Å²) in [6.45, 7) is 1.57. The van der Waals surface area contributed by atoms with E-state index in [4.69, 9.17) is 0 Å². The van der Waals surface area contributed by atoms with Crippen LogP contribution in [0.1, 0.15) is 18.9 Å². The molecule has 1 heterocycles. The number of carboxylic acids is 1. The maximum atomic E-state index is 12.0. The molecule has 0 aliphatic rings. The minimum absolute atomic E-state index is 0.0414. The minimum Gasteiger partial charge on any atom is -0.480 e. The number of nitrogens with zero attached hydrogens (tertiary/aromatic N) is 1. The third-order valence-electron chi connectivity index (χ3n) is 3.75. The topological polar surface area (TPSA) is 111 Å². The van der Waals surface area contributed by atoms with E-state index in [2.05, 4.69) is 4.98 Å². The maximum absolute atomic E-state index is 12.0. The van der Waals surface area contributed by atoms with Crippen LogP contribution in [0, 0.1) is 0 Å². The van der Waals surface area contributed by atoms with Gasteiger partial charge in [0.2, 0.25) is 6.41 Å². The van der Waals surface area contributed by atoms with Gasteiger partial charge in [-0.3, -0.25) is 14.5 Å². The molecule has 0 spiro atoms. The number of aromatic nitrogens is 1. The van der Waals surface area contributed by atoms with Crippen molar-refractivity contribution in [2.45, 2.75) is 31.9 Å². The van der Waals surface area contributed by atoms with E-state index in [0.29, 0.717) is 10.5 Å². The molecule has 23 heavy (non-hydrogen) atoms. The third kappa shape index (κ3) is 3.40. The van der Waals surface area contributed by atoms with Crippen molar-refractivity contribution in [2.75, 3.05) is 0 Å². The molecule has 1 unspecified atom stereocenters. The molecule has 1 aromatic carbocycles. The number of H-pyrrole nitrogens is 1. The molecule has 2 rings (SSSR count). The van der Waals surface area contributed by atoms with Crippen molar-refractivity contribution >= 4 is 29.2 Å². The molecule has 0 radical (unpaired) electrons. The van der Waals surface area contributed by atoms with Crippen LogP contribution in [0.4, 0.5) is 0 Å². The van der Waals surface area contributed by atoms with Crippen molar-refractivity contribution < 1.29 is 24.6 Å². The predicted molar refractivity (Wildman–Crippen MR) is 82.6 cm³/mol. The normalized spacial score (nSPS) is 13.5. The first-order valence-electron chi connectivity index (χ1n) is 7.22. The van der Waals surface area contributed by atoms with Gasteiger partial charge in [0, 0.05) is 23.5 Å². The molecule has 3 N–H and O–H groups in total. The molecule has 0 aliphatic heterocycles. The average Bonchev–Trinajstić information content (AvgIpc) is 2.96. The summed E-state index contributed by atoms with van der Waals surface area (Å²) in [6.07, 6.45) is 0.479. The lowest BCUT2D eigenvalue weighted by Crippen LogP contribution is -2.49. The maximum Gasteiger partial charge on any atom is 0.327 e. The lowest BCUT2D eigenvalue weighted by atomic mass is 10.0. The number of carboxylic acid groups (broad SMARTS) is 1.